The number of hydrogen-bond acceptors (Lipinski definition) is 3. The van der Waals surface area contributed by atoms with Crippen LogP contribution >= 0.6 is 35.0 Å². The minimum atomic E-state index is -0.420. The van der Waals surface area contributed by atoms with Gasteiger partial charge in [0.2, 0.25) is 11.8 Å². The van der Waals surface area contributed by atoms with Crippen LogP contribution in [0.2, 0.25) is 10.0 Å². The van der Waals surface area contributed by atoms with Crippen LogP contribution in [-0.2, 0) is 9.59 Å². The molecule has 7 heteroatoms. The first kappa shape index (κ1) is 18.4. The van der Waals surface area contributed by atoms with Crippen LogP contribution in [0.25, 0.3) is 6.08 Å². The SMILES string of the molecule is NC(=O)CSc1ccccc1NC(=O)/C=C/c1cccc(Cl)c1Cl. The Morgan fingerprint density at radius 1 is 1.12 bits per heavy atom. The van der Waals surface area contributed by atoms with Gasteiger partial charge in [-0.05, 0) is 29.8 Å². The van der Waals surface area contributed by atoms with Crippen molar-refractivity contribution in [1.29, 1.82) is 0 Å². The molecule has 0 aliphatic carbocycles. The van der Waals surface area contributed by atoms with Crippen LogP contribution in [0, 0.1) is 0 Å². The second kappa shape index (κ2) is 8.78. The maximum absolute atomic E-state index is 12.1. The highest BCUT2D eigenvalue weighted by Gasteiger charge is 2.07. The fraction of sp³-hybridized carbons (Fsp3) is 0.0588. The predicted molar refractivity (Wildman–Crippen MR) is 100 cm³/mol. The lowest BCUT2D eigenvalue weighted by Gasteiger charge is -2.08. The smallest absolute Gasteiger partial charge is 0.248 e. The van der Waals surface area contributed by atoms with Crippen molar-refractivity contribution in [3.63, 3.8) is 0 Å². The Labute approximate surface area is 154 Å². The molecule has 0 unspecified atom stereocenters. The number of thioether (sulfide) groups is 1. The number of nitrogens with two attached hydrogens (primary N) is 1. The molecule has 0 fully saturated rings. The van der Waals surface area contributed by atoms with Gasteiger partial charge in [-0.1, -0.05) is 47.5 Å². The standard InChI is InChI=1S/C17H14Cl2N2O2S/c18-12-5-3-4-11(17(12)19)8-9-16(23)21-13-6-1-2-7-14(13)24-10-15(20)22/h1-9H,10H2,(H2,20,22)(H,21,23)/b9-8+. The molecule has 0 radical (unpaired) electrons. The molecule has 0 atom stereocenters. The van der Waals surface area contributed by atoms with Gasteiger partial charge in [0.25, 0.3) is 0 Å². The highest BCUT2D eigenvalue weighted by Crippen LogP contribution is 2.28. The molecule has 0 aliphatic heterocycles. The van der Waals surface area contributed by atoms with E-state index in [0.717, 1.165) is 4.90 Å². The topological polar surface area (TPSA) is 72.2 Å². The predicted octanol–water partition coefficient (Wildman–Crippen LogP) is 4.22. The Bertz CT molecular complexity index is 794. The fourth-order valence-corrected chi connectivity index (χ4v) is 2.95. The number of nitrogens with one attached hydrogen (secondary N) is 1. The van der Waals surface area contributed by atoms with E-state index in [0.29, 0.717) is 21.3 Å². The molecule has 0 saturated heterocycles. The van der Waals surface area contributed by atoms with Crippen molar-refractivity contribution in [2.45, 2.75) is 4.90 Å². The molecule has 2 aromatic rings. The van der Waals surface area contributed by atoms with Crippen molar-refractivity contribution < 1.29 is 9.59 Å². The molecular formula is C17H14Cl2N2O2S. The van der Waals surface area contributed by atoms with Crippen LogP contribution in [0.1, 0.15) is 5.56 Å². The summed E-state index contributed by atoms with van der Waals surface area (Å²) in [6, 6.07) is 12.4. The fourth-order valence-electron chi connectivity index (χ4n) is 1.83. The van der Waals surface area contributed by atoms with E-state index in [2.05, 4.69) is 5.32 Å². The Hall–Kier alpha value is -1.95. The molecule has 0 saturated carbocycles. The van der Waals surface area contributed by atoms with Crippen molar-refractivity contribution in [1.82, 2.24) is 0 Å². The summed E-state index contributed by atoms with van der Waals surface area (Å²) < 4.78 is 0. The zero-order chi connectivity index (χ0) is 17.5. The van der Waals surface area contributed by atoms with Gasteiger partial charge in [-0.15, -0.1) is 11.8 Å². The third-order valence-corrected chi connectivity index (χ3v) is 4.84. The molecule has 4 nitrogen and oxygen atoms in total. The molecule has 2 aromatic carbocycles. The second-order valence-corrected chi connectivity index (χ2v) is 6.52. The van der Waals surface area contributed by atoms with Gasteiger partial charge < -0.3 is 11.1 Å². The Kier molecular flexibility index (Phi) is 6.73. The number of halogens is 2. The number of carbonyl (C=O) groups is 2. The average molecular weight is 381 g/mol. The number of anilines is 1. The summed E-state index contributed by atoms with van der Waals surface area (Å²) in [4.78, 5) is 23.8. The van der Waals surface area contributed by atoms with Crippen LogP contribution in [0.3, 0.4) is 0 Å². The summed E-state index contributed by atoms with van der Waals surface area (Å²) in [7, 11) is 0. The highest BCUT2D eigenvalue weighted by atomic mass is 35.5. The summed E-state index contributed by atoms with van der Waals surface area (Å²) in [6.45, 7) is 0. The molecule has 0 spiro atoms. The minimum Gasteiger partial charge on any atom is -0.369 e. The van der Waals surface area contributed by atoms with Gasteiger partial charge >= 0.3 is 0 Å². The number of benzene rings is 2. The number of para-hydroxylation sites is 1. The summed E-state index contributed by atoms with van der Waals surface area (Å²) in [5.74, 6) is -0.601. The van der Waals surface area contributed by atoms with E-state index in [1.165, 1.54) is 17.8 Å². The summed E-state index contributed by atoms with van der Waals surface area (Å²) in [6.07, 6.45) is 2.95. The van der Waals surface area contributed by atoms with Crippen molar-refractivity contribution >= 4 is 58.5 Å². The van der Waals surface area contributed by atoms with E-state index in [9.17, 15) is 9.59 Å². The molecule has 24 heavy (non-hydrogen) atoms. The van der Waals surface area contributed by atoms with Crippen LogP contribution in [0.15, 0.2) is 53.4 Å². The summed E-state index contributed by atoms with van der Waals surface area (Å²) in [5.41, 5.74) is 6.40. The lowest BCUT2D eigenvalue weighted by molar-refractivity contribution is -0.115. The summed E-state index contributed by atoms with van der Waals surface area (Å²) >= 11 is 13.3. The molecule has 0 heterocycles. The zero-order valence-corrected chi connectivity index (χ0v) is 14.8. The number of rotatable bonds is 6. The number of primary amides is 1. The van der Waals surface area contributed by atoms with Gasteiger partial charge in [0.15, 0.2) is 0 Å². The lowest BCUT2D eigenvalue weighted by atomic mass is 10.2. The Balaban J connectivity index is 2.08. The molecule has 124 valence electrons. The second-order valence-electron chi connectivity index (χ2n) is 4.72. The van der Waals surface area contributed by atoms with Crippen molar-refractivity contribution in [2.75, 3.05) is 11.1 Å². The van der Waals surface area contributed by atoms with E-state index in [1.807, 2.05) is 6.07 Å². The van der Waals surface area contributed by atoms with E-state index < -0.39 is 5.91 Å². The maximum Gasteiger partial charge on any atom is 0.248 e. The van der Waals surface area contributed by atoms with Gasteiger partial charge in [-0.2, -0.15) is 0 Å². The minimum absolute atomic E-state index is 0.140. The largest absolute Gasteiger partial charge is 0.369 e. The molecule has 0 aliphatic rings. The van der Waals surface area contributed by atoms with E-state index in [4.69, 9.17) is 28.9 Å². The molecule has 2 amide bonds. The van der Waals surface area contributed by atoms with E-state index >= 15 is 0 Å². The lowest BCUT2D eigenvalue weighted by Crippen LogP contribution is -2.13. The highest BCUT2D eigenvalue weighted by molar-refractivity contribution is 8.00. The Morgan fingerprint density at radius 2 is 1.88 bits per heavy atom. The maximum atomic E-state index is 12.1. The van der Waals surface area contributed by atoms with Crippen LogP contribution in [0.5, 0.6) is 0 Å². The Morgan fingerprint density at radius 3 is 2.62 bits per heavy atom. The number of hydrogen-bond donors (Lipinski definition) is 2. The molecular weight excluding hydrogens is 367 g/mol. The van der Waals surface area contributed by atoms with Crippen LogP contribution in [0.4, 0.5) is 5.69 Å². The van der Waals surface area contributed by atoms with Gasteiger partial charge in [-0.3, -0.25) is 9.59 Å². The third-order valence-electron chi connectivity index (χ3n) is 2.91. The van der Waals surface area contributed by atoms with Gasteiger partial charge in [-0.25, -0.2) is 0 Å². The normalized spacial score (nSPS) is 10.8. The van der Waals surface area contributed by atoms with E-state index in [-0.39, 0.29) is 11.7 Å². The van der Waals surface area contributed by atoms with Gasteiger partial charge in [0, 0.05) is 11.0 Å². The monoisotopic (exact) mass is 380 g/mol. The van der Waals surface area contributed by atoms with Crippen LogP contribution in [-0.4, -0.2) is 17.6 Å². The quantitative estimate of drug-likeness (QED) is 0.581. The third kappa shape index (κ3) is 5.30. The number of carbonyl (C=O) groups excluding carboxylic acids is 2. The first-order valence-corrected chi connectivity index (χ1v) is 8.64. The van der Waals surface area contributed by atoms with Crippen molar-refractivity contribution in [3.8, 4) is 0 Å². The molecule has 0 bridgehead atoms. The molecule has 0 aromatic heterocycles. The van der Waals surface area contributed by atoms with Gasteiger partial charge in [0.1, 0.15) is 0 Å². The van der Waals surface area contributed by atoms with E-state index in [1.54, 1.807) is 42.5 Å². The van der Waals surface area contributed by atoms with Crippen molar-refractivity contribution in [2.24, 2.45) is 5.73 Å². The molecule has 2 rings (SSSR count). The van der Waals surface area contributed by atoms with Crippen molar-refractivity contribution in [3.05, 3.63) is 64.1 Å². The average Bonchev–Trinajstić information content (AvgIpc) is 2.55. The summed E-state index contributed by atoms with van der Waals surface area (Å²) in [5, 5.41) is 3.58. The first-order valence-electron chi connectivity index (χ1n) is 6.90. The first-order chi connectivity index (χ1) is 11.5. The van der Waals surface area contributed by atoms with Crippen LogP contribution < -0.4 is 11.1 Å². The zero-order valence-electron chi connectivity index (χ0n) is 12.5. The molecule has 3 N–H and O–H groups in total. The number of amides is 2. The van der Waals surface area contributed by atoms with Gasteiger partial charge in [0.05, 0.1) is 21.5 Å².